The van der Waals surface area contributed by atoms with Gasteiger partial charge in [-0.25, -0.2) is 4.68 Å². The van der Waals surface area contributed by atoms with Crippen LogP contribution < -0.4 is 0 Å². The Bertz CT molecular complexity index is 435. The van der Waals surface area contributed by atoms with Crippen LogP contribution in [0.1, 0.15) is 23.8 Å². The van der Waals surface area contributed by atoms with E-state index in [-0.39, 0.29) is 11.8 Å². The second-order valence-electron chi connectivity index (χ2n) is 5.06. The number of hydrogen-bond donors (Lipinski definition) is 0. The van der Waals surface area contributed by atoms with Crippen LogP contribution in [0, 0.1) is 0 Å². The minimum absolute atomic E-state index is 0.00149. The van der Waals surface area contributed by atoms with E-state index in [9.17, 15) is 4.79 Å². The van der Waals surface area contributed by atoms with E-state index >= 15 is 0 Å². The van der Waals surface area contributed by atoms with E-state index < -0.39 is 0 Å². The first-order valence-corrected chi connectivity index (χ1v) is 6.68. The quantitative estimate of drug-likeness (QED) is 0.696. The molecule has 0 spiro atoms. The highest BCUT2D eigenvalue weighted by Gasteiger charge is 2.37. The van der Waals surface area contributed by atoms with Gasteiger partial charge in [0.05, 0.1) is 12.2 Å². The highest BCUT2D eigenvalue weighted by Crippen LogP contribution is 2.19. The number of rotatable bonds is 4. The Balaban J connectivity index is 1.79. The van der Waals surface area contributed by atoms with E-state index in [0.29, 0.717) is 5.69 Å². The van der Waals surface area contributed by atoms with Gasteiger partial charge in [0.1, 0.15) is 5.69 Å². The molecule has 1 atom stereocenters. The number of hydrogen-bond acceptors (Lipinski definition) is 5. The van der Waals surface area contributed by atoms with E-state index in [0.717, 1.165) is 45.7 Å². The van der Waals surface area contributed by atoms with E-state index in [1.54, 1.807) is 10.9 Å². The first kappa shape index (κ1) is 11.8. The fourth-order valence-corrected chi connectivity index (χ4v) is 2.86. The second kappa shape index (κ2) is 4.78. The van der Waals surface area contributed by atoms with Crippen molar-refractivity contribution in [2.24, 2.45) is 0 Å². The van der Waals surface area contributed by atoms with Crippen LogP contribution >= 0.6 is 0 Å². The Morgan fingerprint density at radius 3 is 2.78 bits per heavy atom. The van der Waals surface area contributed by atoms with E-state index in [2.05, 4.69) is 27.0 Å². The molecule has 1 unspecified atom stereocenters. The maximum atomic E-state index is 12.6. The summed E-state index contributed by atoms with van der Waals surface area (Å²) in [6.45, 7) is 7.89. The van der Waals surface area contributed by atoms with Crippen LogP contribution in [0.15, 0.2) is 6.20 Å². The lowest BCUT2D eigenvalue weighted by Crippen LogP contribution is -2.63. The molecule has 0 saturated carbocycles. The molecule has 6 heteroatoms. The van der Waals surface area contributed by atoms with Crippen LogP contribution in [0.25, 0.3) is 0 Å². The van der Waals surface area contributed by atoms with Gasteiger partial charge in [0.25, 0.3) is 0 Å². The van der Waals surface area contributed by atoms with Gasteiger partial charge in [-0.1, -0.05) is 12.1 Å². The molecule has 6 nitrogen and oxygen atoms in total. The fourth-order valence-electron chi connectivity index (χ4n) is 2.86. The molecule has 0 radical (unpaired) electrons. The third kappa shape index (κ3) is 1.95. The second-order valence-corrected chi connectivity index (χ2v) is 5.06. The van der Waals surface area contributed by atoms with E-state index in [4.69, 9.17) is 0 Å². The molecule has 3 aliphatic heterocycles. The maximum absolute atomic E-state index is 12.6. The zero-order chi connectivity index (χ0) is 12.5. The lowest BCUT2D eigenvalue weighted by molar-refractivity contribution is 0.0153. The lowest BCUT2D eigenvalue weighted by Gasteiger charge is -2.46. The molecular weight excluding hydrogens is 230 g/mol. The summed E-state index contributed by atoms with van der Waals surface area (Å²) in [5, 5.41) is 7.88. The molecule has 1 aromatic heterocycles. The summed E-state index contributed by atoms with van der Waals surface area (Å²) in [5.41, 5.74) is 0.663. The van der Waals surface area contributed by atoms with Crippen molar-refractivity contribution in [1.82, 2.24) is 24.8 Å². The Kier molecular flexibility index (Phi) is 3.13. The monoisotopic (exact) mass is 249 g/mol. The first-order valence-electron chi connectivity index (χ1n) is 6.68. The Labute approximate surface area is 107 Å². The van der Waals surface area contributed by atoms with Crippen LogP contribution in [0.4, 0.5) is 0 Å². The number of carbonyl (C=O) groups is 1. The Hall–Kier alpha value is -1.27. The minimum Gasteiger partial charge on any atom is -0.299 e. The smallest absolute Gasteiger partial charge is 0.200 e. The lowest BCUT2D eigenvalue weighted by atomic mass is 10.0. The van der Waals surface area contributed by atoms with Crippen molar-refractivity contribution in [2.75, 3.05) is 32.7 Å². The number of Topliss-reactive ketones (excluding diaryl/α,β-unsaturated/α-hetero) is 1. The standard InChI is InChI=1S/C12H19N5O/c1-2-3-17-10(8-13-14-17)12(18)11-9-15-4-6-16(11)7-5-15/h8,11H,2-7,9H2,1H3. The van der Waals surface area contributed by atoms with Crippen molar-refractivity contribution in [3.63, 3.8) is 0 Å². The summed E-state index contributed by atoms with van der Waals surface area (Å²) in [6.07, 6.45) is 2.57. The van der Waals surface area contributed by atoms with E-state index in [1.807, 2.05) is 0 Å². The summed E-state index contributed by atoms with van der Waals surface area (Å²) in [7, 11) is 0. The van der Waals surface area contributed by atoms with Gasteiger partial charge in [0.15, 0.2) is 0 Å². The van der Waals surface area contributed by atoms with Crippen LogP contribution in [0.5, 0.6) is 0 Å². The summed E-state index contributed by atoms with van der Waals surface area (Å²) in [5.74, 6) is 0.179. The van der Waals surface area contributed by atoms with Gasteiger partial charge < -0.3 is 0 Å². The van der Waals surface area contributed by atoms with Crippen molar-refractivity contribution >= 4 is 5.78 Å². The molecule has 3 fully saturated rings. The van der Waals surface area contributed by atoms with Crippen molar-refractivity contribution in [1.29, 1.82) is 0 Å². The van der Waals surface area contributed by atoms with Crippen LogP contribution in [0.2, 0.25) is 0 Å². The molecule has 98 valence electrons. The largest absolute Gasteiger partial charge is 0.299 e. The Morgan fingerprint density at radius 1 is 1.39 bits per heavy atom. The number of carbonyl (C=O) groups excluding carboxylic acids is 1. The SMILES string of the molecule is CCCn1nncc1C(=O)C1CN2CCN1CC2. The molecule has 0 aliphatic carbocycles. The van der Waals surface area contributed by atoms with Gasteiger partial charge in [-0.2, -0.15) is 0 Å². The number of aromatic nitrogens is 3. The summed E-state index contributed by atoms with van der Waals surface area (Å²) < 4.78 is 1.74. The fraction of sp³-hybridized carbons (Fsp3) is 0.750. The normalized spacial score (nSPS) is 30.6. The zero-order valence-corrected chi connectivity index (χ0v) is 10.7. The van der Waals surface area contributed by atoms with Gasteiger partial charge in [-0.3, -0.25) is 14.6 Å². The van der Waals surface area contributed by atoms with Crippen molar-refractivity contribution in [3.05, 3.63) is 11.9 Å². The Morgan fingerprint density at radius 2 is 2.17 bits per heavy atom. The number of aryl methyl sites for hydroxylation is 1. The number of ketones is 1. The highest BCUT2D eigenvalue weighted by molar-refractivity contribution is 5.98. The zero-order valence-electron chi connectivity index (χ0n) is 10.7. The molecule has 4 rings (SSSR count). The first-order chi connectivity index (χ1) is 8.79. The summed E-state index contributed by atoms with van der Waals surface area (Å²) in [6, 6.07) is 0.00149. The predicted molar refractivity (Wildman–Crippen MR) is 66.4 cm³/mol. The molecule has 0 N–H and O–H groups in total. The molecule has 0 aromatic carbocycles. The summed E-state index contributed by atoms with van der Waals surface area (Å²) >= 11 is 0. The number of fused-ring (bicyclic) bond motifs is 3. The van der Waals surface area contributed by atoms with Gasteiger partial charge >= 0.3 is 0 Å². The molecule has 3 saturated heterocycles. The van der Waals surface area contributed by atoms with Crippen molar-refractivity contribution in [3.8, 4) is 0 Å². The van der Waals surface area contributed by atoms with Crippen molar-refractivity contribution < 1.29 is 4.79 Å². The molecular formula is C12H19N5O. The van der Waals surface area contributed by atoms with Gasteiger partial charge in [-0.15, -0.1) is 5.10 Å². The average Bonchev–Trinajstić information content (AvgIpc) is 2.88. The number of piperazine rings is 3. The van der Waals surface area contributed by atoms with Crippen LogP contribution in [-0.4, -0.2) is 69.3 Å². The molecule has 4 heterocycles. The third-order valence-corrected chi connectivity index (χ3v) is 3.89. The van der Waals surface area contributed by atoms with Crippen LogP contribution in [-0.2, 0) is 6.54 Å². The predicted octanol–water partition coefficient (Wildman–Crippen LogP) is -0.129. The van der Waals surface area contributed by atoms with Gasteiger partial charge in [0, 0.05) is 39.3 Å². The minimum atomic E-state index is 0.00149. The third-order valence-electron chi connectivity index (χ3n) is 3.89. The van der Waals surface area contributed by atoms with Crippen molar-refractivity contribution in [2.45, 2.75) is 25.9 Å². The number of nitrogens with zero attached hydrogens (tertiary/aromatic N) is 5. The maximum Gasteiger partial charge on any atom is 0.200 e. The molecule has 3 aliphatic rings. The topological polar surface area (TPSA) is 54.3 Å². The molecule has 2 bridgehead atoms. The van der Waals surface area contributed by atoms with Gasteiger partial charge in [-0.05, 0) is 6.42 Å². The van der Waals surface area contributed by atoms with Crippen LogP contribution in [0.3, 0.4) is 0 Å². The summed E-state index contributed by atoms with van der Waals surface area (Å²) in [4.78, 5) is 17.2. The molecule has 1 aromatic rings. The molecule has 18 heavy (non-hydrogen) atoms. The molecule has 0 amide bonds. The van der Waals surface area contributed by atoms with E-state index in [1.165, 1.54) is 0 Å². The van der Waals surface area contributed by atoms with Gasteiger partial charge in [0.2, 0.25) is 5.78 Å². The highest BCUT2D eigenvalue weighted by atomic mass is 16.1. The average molecular weight is 249 g/mol.